The van der Waals surface area contributed by atoms with Gasteiger partial charge < -0.3 is 19.8 Å². The molecule has 6 rings (SSSR count). The number of anilines is 1. The van der Waals surface area contributed by atoms with Crippen LogP contribution in [-0.4, -0.2) is 58.3 Å². The van der Waals surface area contributed by atoms with E-state index in [0.717, 1.165) is 35.5 Å². The van der Waals surface area contributed by atoms with Gasteiger partial charge in [0.15, 0.2) is 0 Å². The Bertz CT molecular complexity index is 1110. The first kappa shape index (κ1) is 19.0. The molecule has 31 heavy (non-hydrogen) atoms. The molecule has 162 valence electrons. The Morgan fingerprint density at radius 2 is 2.13 bits per heavy atom. The zero-order chi connectivity index (χ0) is 20.9. The first-order valence-electron chi connectivity index (χ1n) is 11.0. The predicted molar refractivity (Wildman–Crippen MR) is 115 cm³/mol. The van der Waals surface area contributed by atoms with E-state index in [0.29, 0.717) is 24.9 Å². The van der Waals surface area contributed by atoms with Crippen molar-refractivity contribution >= 4 is 16.9 Å². The third kappa shape index (κ3) is 3.53. The lowest BCUT2D eigenvalue weighted by Gasteiger charge is -2.43. The molecule has 0 amide bonds. The minimum absolute atomic E-state index is 0.0798. The van der Waals surface area contributed by atoms with Crippen molar-refractivity contribution in [3.05, 3.63) is 47.7 Å². The van der Waals surface area contributed by atoms with Crippen LogP contribution < -0.4 is 10.1 Å². The van der Waals surface area contributed by atoms with Crippen LogP contribution in [0.25, 0.3) is 11.0 Å². The average Bonchev–Trinajstić information content (AvgIpc) is 3.52. The highest BCUT2D eigenvalue weighted by molar-refractivity contribution is 5.88. The van der Waals surface area contributed by atoms with Crippen molar-refractivity contribution in [1.82, 2.24) is 19.9 Å². The molecule has 2 fully saturated rings. The summed E-state index contributed by atoms with van der Waals surface area (Å²) in [5.74, 6) is 1.70. The van der Waals surface area contributed by atoms with E-state index in [9.17, 15) is 4.39 Å². The topological polar surface area (TPSA) is 75.3 Å². The second kappa shape index (κ2) is 7.46. The van der Waals surface area contributed by atoms with Crippen LogP contribution in [0.2, 0.25) is 0 Å². The maximum Gasteiger partial charge on any atom is 0.143 e. The predicted octanol–water partition coefficient (Wildman–Crippen LogP) is 3.61. The lowest BCUT2D eigenvalue weighted by Crippen LogP contribution is -2.54. The number of morpholine rings is 1. The van der Waals surface area contributed by atoms with E-state index < -0.39 is 0 Å². The van der Waals surface area contributed by atoms with Crippen LogP contribution in [-0.2, 0) is 4.74 Å². The van der Waals surface area contributed by atoms with Crippen LogP contribution >= 0.6 is 0 Å². The van der Waals surface area contributed by atoms with Crippen molar-refractivity contribution in [2.45, 2.75) is 43.9 Å². The molecule has 3 aliphatic rings. The van der Waals surface area contributed by atoms with Crippen molar-refractivity contribution in [2.24, 2.45) is 0 Å². The third-order valence-electron chi connectivity index (χ3n) is 6.60. The van der Waals surface area contributed by atoms with Gasteiger partial charge in [0.1, 0.15) is 36.0 Å². The van der Waals surface area contributed by atoms with E-state index in [1.165, 1.54) is 30.7 Å². The number of fused-ring (bicyclic) bond motifs is 2. The van der Waals surface area contributed by atoms with Crippen LogP contribution in [0.3, 0.4) is 0 Å². The number of hydrogen-bond acceptors (Lipinski definition) is 6. The molecule has 0 radical (unpaired) electrons. The van der Waals surface area contributed by atoms with Crippen LogP contribution in [0.5, 0.6) is 5.75 Å². The van der Waals surface area contributed by atoms with Crippen molar-refractivity contribution in [3.63, 3.8) is 0 Å². The molecule has 4 heterocycles. The molecule has 1 saturated carbocycles. The largest absolute Gasteiger partial charge is 0.491 e. The van der Waals surface area contributed by atoms with Crippen molar-refractivity contribution in [2.75, 3.05) is 31.6 Å². The number of benzene rings is 1. The summed E-state index contributed by atoms with van der Waals surface area (Å²) in [6.45, 7) is 4.94. The van der Waals surface area contributed by atoms with Crippen molar-refractivity contribution in [3.8, 4) is 5.75 Å². The molecule has 0 unspecified atom stereocenters. The molecule has 3 aromatic rings. The molecule has 0 spiro atoms. The van der Waals surface area contributed by atoms with Crippen LogP contribution in [0.4, 0.5) is 10.2 Å². The summed E-state index contributed by atoms with van der Waals surface area (Å²) in [5, 5.41) is 4.67. The molecule has 2 aliphatic heterocycles. The summed E-state index contributed by atoms with van der Waals surface area (Å²) in [4.78, 5) is 14.9. The number of aromatic nitrogens is 3. The maximum absolute atomic E-state index is 13.9. The highest BCUT2D eigenvalue weighted by atomic mass is 19.1. The number of nitrogens with zero attached hydrogens (tertiary/aromatic N) is 3. The summed E-state index contributed by atoms with van der Waals surface area (Å²) in [6.07, 6.45) is 4.20. The van der Waals surface area contributed by atoms with Crippen LogP contribution in [0.1, 0.15) is 43.0 Å². The highest BCUT2D eigenvalue weighted by Gasteiger charge is 2.37. The van der Waals surface area contributed by atoms with Crippen molar-refractivity contribution in [1.29, 1.82) is 0 Å². The van der Waals surface area contributed by atoms with E-state index >= 15 is 0 Å². The van der Waals surface area contributed by atoms with Gasteiger partial charge in [-0.3, -0.25) is 4.90 Å². The summed E-state index contributed by atoms with van der Waals surface area (Å²) in [5.41, 5.74) is 3.02. The smallest absolute Gasteiger partial charge is 0.143 e. The van der Waals surface area contributed by atoms with Crippen LogP contribution in [0.15, 0.2) is 30.6 Å². The summed E-state index contributed by atoms with van der Waals surface area (Å²) < 4.78 is 25.6. The van der Waals surface area contributed by atoms with Gasteiger partial charge in [-0.05, 0) is 37.8 Å². The lowest BCUT2D eigenvalue weighted by atomic mass is 9.94. The van der Waals surface area contributed by atoms with Gasteiger partial charge in [0.05, 0.1) is 30.2 Å². The van der Waals surface area contributed by atoms with E-state index in [-0.39, 0.29) is 24.0 Å². The zero-order valence-corrected chi connectivity index (χ0v) is 17.5. The van der Waals surface area contributed by atoms with E-state index in [1.54, 1.807) is 6.33 Å². The highest BCUT2D eigenvalue weighted by Crippen LogP contribution is 2.42. The first-order valence-corrected chi connectivity index (χ1v) is 11.0. The fourth-order valence-electron chi connectivity index (χ4n) is 4.84. The van der Waals surface area contributed by atoms with Gasteiger partial charge in [-0.1, -0.05) is 6.07 Å². The number of nitrogens with one attached hydrogen (secondary N) is 2. The molecule has 2 N–H and O–H groups in total. The Kier molecular flexibility index (Phi) is 4.57. The normalized spacial score (nSPS) is 26.5. The Morgan fingerprint density at radius 1 is 1.23 bits per heavy atom. The molecule has 1 aliphatic carbocycles. The second-order valence-electron chi connectivity index (χ2n) is 8.84. The Labute approximate surface area is 180 Å². The number of halogens is 1. The van der Waals surface area contributed by atoms with Crippen molar-refractivity contribution < 1.29 is 13.9 Å². The molecule has 1 saturated heterocycles. The fraction of sp³-hybridized carbons (Fsp3) is 0.478. The van der Waals surface area contributed by atoms with Gasteiger partial charge in [-0.25, -0.2) is 14.4 Å². The quantitative estimate of drug-likeness (QED) is 0.668. The molecular formula is C23H26FN5O2. The Morgan fingerprint density at radius 3 is 2.97 bits per heavy atom. The fourth-order valence-corrected chi connectivity index (χ4v) is 4.84. The number of ether oxygens (including phenoxy) is 2. The number of H-pyrrole nitrogens is 1. The molecular weight excluding hydrogens is 397 g/mol. The van der Waals surface area contributed by atoms with E-state index in [1.807, 2.05) is 6.07 Å². The molecule has 8 heteroatoms. The summed E-state index contributed by atoms with van der Waals surface area (Å²) in [6, 6.07) is 6.95. The number of hydrogen-bond donors (Lipinski definition) is 2. The zero-order valence-electron chi connectivity index (χ0n) is 17.5. The third-order valence-corrected chi connectivity index (χ3v) is 6.60. The molecule has 2 aromatic heterocycles. The van der Waals surface area contributed by atoms with Gasteiger partial charge in [0.25, 0.3) is 0 Å². The van der Waals surface area contributed by atoms with Gasteiger partial charge in [-0.2, -0.15) is 0 Å². The molecule has 0 bridgehead atoms. The SMILES string of the molecule is C[C@H]1CN([C@H]2COc3cc(F)ccc3[C@@H]2Nc2ncnc3[nH]c(C4CC4)cc23)CCO1. The number of rotatable bonds is 4. The Balaban J connectivity index is 1.39. The maximum atomic E-state index is 13.9. The van der Waals surface area contributed by atoms with E-state index in [2.05, 4.69) is 38.2 Å². The minimum Gasteiger partial charge on any atom is -0.491 e. The van der Waals surface area contributed by atoms with Gasteiger partial charge in [0.2, 0.25) is 0 Å². The standard InChI is InChI=1S/C23H26FN5O2/c1-13-10-29(6-7-30-13)19-11-31-20-8-15(24)4-5-16(20)21(19)28-23-17-9-18(14-2-3-14)27-22(17)25-12-26-23/h4-5,8-9,12-14,19,21H,2-3,6-7,10-11H2,1H3,(H2,25,26,27,28)/t13-,19-,21-/m0/s1. The molecule has 7 nitrogen and oxygen atoms in total. The molecule has 1 aromatic carbocycles. The molecule has 3 atom stereocenters. The van der Waals surface area contributed by atoms with Gasteiger partial charge in [-0.15, -0.1) is 0 Å². The lowest BCUT2D eigenvalue weighted by molar-refractivity contribution is -0.0465. The van der Waals surface area contributed by atoms with E-state index in [4.69, 9.17) is 9.47 Å². The summed E-state index contributed by atoms with van der Waals surface area (Å²) >= 11 is 0. The van der Waals surface area contributed by atoms with Gasteiger partial charge >= 0.3 is 0 Å². The Hall–Kier alpha value is -2.71. The van der Waals surface area contributed by atoms with Crippen LogP contribution in [0, 0.1) is 5.82 Å². The minimum atomic E-state index is -0.292. The summed E-state index contributed by atoms with van der Waals surface area (Å²) in [7, 11) is 0. The van der Waals surface area contributed by atoms with Gasteiger partial charge in [0, 0.05) is 30.4 Å². The average molecular weight is 423 g/mol. The number of aromatic amines is 1. The second-order valence-corrected chi connectivity index (χ2v) is 8.84. The first-order chi connectivity index (χ1) is 15.2. The monoisotopic (exact) mass is 423 g/mol.